The molecule has 1 fully saturated rings. The zero-order valence-corrected chi connectivity index (χ0v) is 40.3. The fraction of sp³-hybridized carbons (Fsp3) is 0.288. The van der Waals surface area contributed by atoms with Crippen molar-refractivity contribution in [2.45, 2.75) is 82.4 Å². The maximum absolute atomic E-state index is 13.9. The normalized spacial score (nSPS) is 17.6. The molecular formula is C52H50BrN5O11S. The number of nitrogen functional groups attached to an aromatic ring is 1. The minimum atomic E-state index is -1.50. The van der Waals surface area contributed by atoms with Crippen molar-refractivity contribution < 1.29 is 52.3 Å². The maximum Gasteiger partial charge on any atom is 0.338 e. The topological polar surface area (TPSA) is 203 Å². The lowest BCUT2D eigenvalue weighted by Crippen LogP contribution is -2.63. The molecule has 1 saturated heterocycles. The summed E-state index contributed by atoms with van der Waals surface area (Å²) >= 11 is 5.04. The van der Waals surface area contributed by atoms with Crippen LogP contribution < -0.4 is 10.5 Å². The van der Waals surface area contributed by atoms with Crippen LogP contribution in [0.4, 0.5) is 5.95 Å². The average Bonchev–Trinajstić information content (AvgIpc) is 4.01. The van der Waals surface area contributed by atoms with Crippen molar-refractivity contribution >= 4 is 68.3 Å². The predicted octanol–water partition coefficient (Wildman–Crippen LogP) is 9.43. The molecule has 4 heterocycles. The smallest absolute Gasteiger partial charge is 0.338 e. The number of nitrogens with two attached hydrogens (primary N) is 1. The van der Waals surface area contributed by atoms with Gasteiger partial charge in [0, 0.05) is 27.9 Å². The van der Waals surface area contributed by atoms with E-state index in [0.29, 0.717) is 36.6 Å². The van der Waals surface area contributed by atoms with Gasteiger partial charge in [-0.3, -0.25) is 0 Å². The Kier molecular flexibility index (Phi) is 17.3. The molecule has 0 amide bonds. The van der Waals surface area contributed by atoms with Crippen molar-refractivity contribution in [3.63, 3.8) is 0 Å². The van der Waals surface area contributed by atoms with E-state index in [9.17, 15) is 19.2 Å². The zero-order valence-electron chi connectivity index (χ0n) is 37.9. The van der Waals surface area contributed by atoms with Crippen LogP contribution in [0.15, 0.2) is 144 Å². The van der Waals surface area contributed by atoms with Gasteiger partial charge in [0.05, 0.1) is 28.6 Å². The Morgan fingerprint density at radius 3 is 1.76 bits per heavy atom. The van der Waals surface area contributed by atoms with Gasteiger partial charge in [-0.15, -0.1) is 11.3 Å². The van der Waals surface area contributed by atoms with E-state index >= 15 is 0 Å². The summed E-state index contributed by atoms with van der Waals surface area (Å²) in [6.07, 6.45) is -0.292. The number of aryl methyl sites for hydroxylation is 1. The van der Waals surface area contributed by atoms with Crippen LogP contribution in [0, 0.1) is 0 Å². The minimum Gasteiger partial charge on any atom is -0.470 e. The second-order valence-electron chi connectivity index (χ2n) is 16.2. The van der Waals surface area contributed by atoms with E-state index in [4.69, 9.17) is 38.9 Å². The van der Waals surface area contributed by atoms with Gasteiger partial charge in [-0.05, 0) is 83.4 Å². The number of carbonyl (C=O) groups excluding carboxylic acids is 4. The summed E-state index contributed by atoms with van der Waals surface area (Å²) in [5.41, 5.74) is 8.09. The summed E-state index contributed by atoms with van der Waals surface area (Å²) in [5, 5.41) is 1.99. The van der Waals surface area contributed by atoms with Gasteiger partial charge in [-0.25, -0.2) is 24.2 Å². The number of ether oxygens (including phenoxy) is 7. The molecule has 1 aliphatic rings. The molecule has 2 N–H and O–H groups in total. The molecule has 7 aromatic rings. The van der Waals surface area contributed by atoms with Gasteiger partial charge in [-0.1, -0.05) is 98.5 Å². The van der Waals surface area contributed by atoms with Crippen LogP contribution in [0.3, 0.4) is 0 Å². The van der Waals surface area contributed by atoms with E-state index in [-0.39, 0.29) is 34.8 Å². The molecule has 4 aromatic carbocycles. The van der Waals surface area contributed by atoms with E-state index in [1.54, 1.807) is 139 Å². The first-order chi connectivity index (χ1) is 34.2. The first-order valence-electron chi connectivity index (χ1n) is 22.8. The van der Waals surface area contributed by atoms with Crippen LogP contribution in [0.5, 0.6) is 5.88 Å². The molecule has 3 aromatic heterocycles. The quantitative estimate of drug-likeness (QED) is 0.0382. The lowest BCUT2D eigenvalue weighted by atomic mass is 9.97. The molecule has 0 unspecified atom stereocenters. The number of esters is 4. The summed E-state index contributed by atoms with van der Waals surface area (Å²) in [7, 11) is 0. The van der Waals surface area contributed by atoms with Crippen LogP contribution in [-0.2, 0) is 41.6 Å². The Labute approximate surface area is 416 Å². The number of unbranched alkanes of at least 4 members (excludes halogenated alkanes) is 5. The van der Waals surface area contributed by atoms with Gasteiger partial charge < -0.3 is 43.5 Å². The highest BCUT2D eigenvalue weighted by Crippen LogP contribution is 2.32. The number of thiophene rings is 1. The van der Waals surface area contributed by atoms with Crippen molar-refractivity contribution in [1.29, 1.82) is 0 Å². The molecule has 0 aliphatic carbocycles. The van der Waals surface area contributed by atoms with Crippen molar-refractivity contribution in [3.05, 3.63) is 171 Å². The molecular weight excluding hydrogens is 983 g/mol. The number of benzene rings is 4. The predicted molar refractivity (Wildman–Crippen MR) is 262 cm³/mol. The fourth-order valence-corrected chi connectivity index (χ4v) is 9.08. The number of rotatable bonds is 22. The number of halogens is 1. The molecule has 5 atom stereocenters. The Balaban J connectivity index is 0.944. The van der Waals surface area contributed by atoms with Crippen molar-refractivity contribution in [2.24, 2.45) is 0 Å². The number of fused-ring (bicyclic) bond motifs is 1. The summed E-state index contributed by atoms with van der Waals surface area (Å²) in [6, 6.07) is 35.0. The molecule has 0 bridgehead atoms. The number of hydrogen-bond acceptors (Lipinski definition) is 16. The first kappa shape index (κ1) is 49.4. The van der Waals surface area contributed by atoms with Crippen molar-refractivity contribution in [1.82, 2.24) is 19.5 Å². The Bertz CT molecular complexity index is 2820. The number of imidazole rings is 1. The standard InChI is InChI=1S/C52H50BrN5O11S/c53-38-29-39(70-32-38)30-64-46-41-45(56-52(54)57-46)58(33-55-41)27-17-3-1-2-4-18-28-63-51-44(69-50(62)37-25-15-8-16-26-37)43(68-49(61)36-23-13-7-14-24-36)42(67-48(60)35-21-11-6-12-22-35)40(66-51)31-65-47(59)34-19-9-5-10-20-34/h5-16,19-26,29,32-33,40,42-44,51H,1-4,17-18,27-28,30-31H2,(H2,54,56,57)/t40-,42-,43+,44-,51-/m1/s1. The first-order valence-corrected chi connectivity index (χ1v) is 24.5. The van der Waals surface area contributed by atoms with Crippen LogP contribution in [0.1, 0.15) is 84.8 Å². The lowest BCUT2D eigenvalue weighted by Gasteiger charge is -2.44. The molecule has 1 aliphatic heterocycles. The molecule has 0 spiro atoms. The van der Waals surface area contributed by atoms with Crippen molar-refractivity contribution in [2.75, 3.05) is 18.9 Å². The Morgan fingerprint density at radius 2 is 1.19 bits per heavy atom. The highest BCUT2D eigenvalue weighted by Gasteiger charge is 2.53. The third-order valence-corrected chi connectivity index (χ3v) is 12.9. The van der Waals surface area contributed by atoms with E-state index in [0.717, 1.165) is 41.5 Å². The monoisotopic (exact) mass is 1030 g/mol. The summed E-state index contributed by atoms with van der Waals surface area (Å²) in [6.45, 7) is 0.719. The molecule has 0 saturated carbocycles. The van der Waals surface area contributed by atoms with Gasteiger partial charge >= 0.3 is 23.9 Å². The average molecular weight is 1030 g/mol. The third kappa shape index (κ3) is 13.2. The molecule has 70 heavy (non-hydrogen) atoms. The van der Waals surface area contributed by atoms with Gasteiger partial charge in [0.1, 0.15) is 19.3 Å². The molecule has 18 heteroatoms. The van der Waals surface area contributed by atoms with Crippen LogP contribution in [0.2, 0.25) is 0 Å². The van der Waals surface area contributed by atoms with E-state index in [1.165, 1.54) is 0 Å². The number of carbonyl (C=O) groups is 4. The van der Waals surface area contributed by atoms with Gasteiger partial charge in [0.25, 0.3) is 0 Å². The minimum absolute atomic E-state index is 0.107. The zero-order chi connectivity index (χ0) is 48.7. The largest absolute Gasteiger partial charge is 0.470 e. The second kappa shape index (κ2) is 24.5. The van der Waals surface area contributed by atoms with E-state index in [2.05, 4.69) is 30.9 Å². The second-order valence-corrected chi connectivity index (χ2v) is 18.1. The van der Waals surface area contributed by atoms with Gasteiger partial charge in [0.2, 0.25) is 11.8 Å². The number of nitrogens with zero attached hydrogens (tertiary/aromatic N) is 4. The number of aromatic nitrogens is 4. The third-order valence-electron chi connectivity index (χ3n) is 11.2. The maximum atomic E-state index is 13.9. The van der Waals surface area contributed by atoms with E-state index < -0.39 is 61.2 Å². The Morgan fingerprint density at radius 1 is 0.657 bits per heavy atom. The Hall–Kier alpha value is -6.99. The van der Waals surface area contributed by atoms with Crippen LogP contribution in [0.25, 0.3) is 11.2 Å². The van der Waals surface area contributed by atoms with Crippen LogP contribution in [-0.4, -0.2) is 87.3 Å². The molecule has 362 valence electrons. The summed E-state index contributed by atoms with van der Waals surface area (Å²) < 4.78 is 45.9. The van der Waals surface area contributed by atoms with Crippen LogP contribution >= 0.6 is 27.3 Å². The van der Waals surface area contributed by atoms with Gasteiger partial charge in [0.15, 0.2) is 35.8 Å². The van der Waals surface area contributed by atoms with Gasteiger partial charge in [-0.2, -0.15) is 9.97 Å². The molecule has 16 nitrogen and oxygen atoms in total. The SMILES string of the molecule is Nc1nc(OCc2cc(Br)cs2)c2ncn(CCCCCCCCO[C@@H]3O[C@H](COC(=O)c4ccccc4)[C@@H](OC(=O)c4ccccc4)[C@H](OC(=O)c4ccccc4)[C@H]3OC(=O)c3ccccc3)c2n1. The summed E-state index contributed by atoms with van der Waals surface area (Å²) in [4.78, 5) is 69.1. The molecule has 0 radical (unpaired) electrons. The highest BCUT2D eigenvalue weighted by atomic mass is 79.9. The highest BCUT2D eigenvalue weighted by molar-refractivity contribution is 9.10. The van der Waals surface area contributed by atoms with Crippen molar-refractivity contribution in [3.8, 4) is 5.88 Å². The van der Waals surface area contributed by atoms with E-state index in [1.807, 2.05) is 16.0 Å². The fourth-order valence-electron chi connectivity index (χ4n) is 7.72. The molecule has 8 rings (SSSR count). The lowest BCUT2D eigenvalue weighted by molar-refractivity contribution is -0.298. The number of hydrogen-bond donors (Lipinski definition) is 1. The number of anilines is 1. The summed E-state index contributed by atoms with van der Waals surface area (Å²) in [5.74, 6) is -2.55.